The van der Waals surface area contributed by atoms with Gasteiger partial charge in [-0.3, -0.25) is 4.79 Å². The Bertz CT molecular complexity index is 513. The van der Waals surface area contributed by atoms with Gasteiger partial charge in [-0.25, -0.2) is 0 Å². The Hall–Kier alpha value is -1.82. The van der Waals surface area contributed by atoms with Crippen molar-refractivity contribution >= 4 is 23.4 Å². The fraction of sp³-hybridized carbons (Fsp3) is 0.250. The number of aryl methyl sites for hydroxylation is 1. The highest BCUT2D eigenvalue weighted by Gasteiger charge is 2.05. The number of benzene rings is 1. The largest absolute Gasteiger partial charge is 0.325 e. The number of rotatable bonds is 5. The molecule has 0 fully saturated rings. The molecule has 0 saturated carbocycles. The molecular formula is C12H14N4OS. The molecule has 94 valence electrons. The Morgan fingerprint density at radius 3 is 3.11 bits per heavy atom. The Balaban J connectivity index is 1.86. The molecule has 6 heteroatoms. The maximum absolute atomic E-state index is 11.7. The number of hydrogen-bond acceptors (Lipinski definition) is 4. The third-order valence-electron chi connectivity index (χ3n) is 2.36. The summed E-state index contributed by atoms with van der Waals surface area (Å²) in [6, 6.07) is 7.86. The van der Waals surface area contributed by atoms with Crippen LogP contribution in [0.4, 0.5) is 5.69 Å². The second-order valence-corrected chi connectivity index (χ2v) is 4.69. The van der Waals surface area contributed by atoms with Crippen LogP contribution in [-0.4, -0.2) is 27.1 Å². The smallest absolute Gasteiger partial charge is 0.234 e. The lowest BCUT2D eigenvalue weighted by Crippen LogP contribution is -2.14. The van der Waals surface area contributed by atoms with Crippen molar-refractivity contribution in [1.29, 1.82) is 0 Å². The van der Waals surface area contributed by atoms with E-state index in [1.54, 1.807) is 6.20 Å². The highest BCUT2D eigenvalue weighted by Crippen LogP contribution is 2.15. The van der Waals surface area contributed by atoms with E-state index >= 15 is 0 Å². The number of hydrogen-bond donors (Lipinski definition) is 2. The molecule has 0 aliphatic heterocycles. The Morgan fingerprint density at radius 1 is 1.50 bits per heavy atom. The number of nitrogens with zero attached hydrogens (tertiary/aromatic N) is 2. The molecule has 2 rings (SSSR count). The topological polar surface area (TPSA) is 70.7 Å². The van der Waals surface area contributed by atoms with Gasteiger partial charge in [-0.2, -0.15) is 10.3 Å². The molecule has 2 aromatic rings. The zero-order valence-electron chi connectivity index (χ0n) is 10.0. The van der Waals surface area contributed by atoms with Gasteiger partial charge >= 0.3 is 0 Å². The minimum absolute atomic E-state index is 0.0451. The Labute approximate surface area is 109 Å². The van der Waals surface area contributed by atoms with Gasteiger partial charge in [0.1, 0.15) is 5.03 Å². The molecular weight excluding hydrogens is 248 g/mol. The zero-order chi connectivity index (χ0) is 12.8. The lowest BCUT2D eigenvalue weighted by atomic mass is 10.1. The molecule has 0 atom stereocenters. The van der Waals surface area contributed by atoms with E-state index in [-0.39, 0.29) is 5.91 Å². The number of carbonyl (C=O) groups is 1. The summed E-state index contributed by atoms with van der Waals surface area (Å²) in [7, 11) is 0. The number of aromatic amines is 1. The number of carbonyl (C=O) groups excluding carboxylic acids is 1. The fourth-order valence-corrected chi connectivity index (χ4v) is 2.05. The van der Waals surface area contributed by atoms with Gasteiger partial charge in [0.25, 0.3) is 0 Å². The third-order valence-corrected chi connectivity index (χ3v) is 3.26. The van der Waals surface area contributed by atoms with Crippen LogP contribution in [0.1, 0.15) is 12.5 Å². The summed E-state index contributed by atoms with van der Waals surface area (Å²) in [5.41, 5.74) is 2.04. The number of nitrogens with one attached hydrogen (secondary N) is 2. The third kappa shape index (κ3) is 3.59. The summed E-state index contributed by atoms with van der Waals surface area (Å²) < 4.78 is 0. The quantitative estimate of drug-likeness (QED) is 0.809. The van der Waals surface area contributed by atoms with Crippen LogP contribution in [0.3, 0.4) is 0 Å². The average molecular weight is 262 g/mol. The molecule has 0 saturated heterocycles. The van der Waals surface area contributed by atoms with Crippen molar-refractivity contribution in [2.75, 3.05) is 11.1 Å². The van der Waals surface area contributed by atoms with Gasteiger partial charge in [-0.05, 0) is 24.1 Å². The number of amides is 1. The van der Waals surface area contributed by atoms with Crippen molar-refractivity contribution in [3.05, 3.63) is 36.0 Å². The summed E-state index contributed by atoms with van der Waals surface area (Å²) in [5, 5.41) is 13.6. The minimum Gasteiger partial charge on any atom is -0.325 e. The normalized spacial score (nSPS) is 10.3. The standard InChI is InChI=1S/C12H14N4OS/c1-2-9-4-3-5-10(6-9)14-11(17)8-18-12-7-13-16-15-12/h3-7H,2,8H2,1H3,(H,14,17)(H,13,15,16). The maximum atomic E-state index is 11.7. The summed E-state index contributed by atoms with van der Waals surface area (Å²) in [5.74, 6) is 0.277. The highest BCUT2D eigenvalue weighted by atomic mass is 32.2. The molecule has 0 unspecified atom stereocenters. The molecule has 2 N–H and O–H groups in total. The first kappa shape index (κ1) is 12.6. The second kappa shape index (κ2) is 6.20. The summed E-state index contributed by atoms with van der Waals surface area (Å²) in [6.45, 7) is 2.08. The lowest BCUT2D eigenvalue weighted by molar-refractivity contribution is -0.113. The van der Waals surface area contributed by atoms with Gasteiger partial charge < -0.3 is 5.32 Å². The van der Waals surface area contributed by atoms with Gasteiger partial charge in [0.05, 0.1) is 11.9 Å². The van der Waals surface area contributed by atoms with Crippen LogP contribution in [0.5, 0.6) is 0 Å². The first-order chi connectivity index (χ1) is 8.78. The van der Waals surface area contributed by atoms with Crippen molar-refractivity contribution in [2.45, 2.75) is 18.4 Å². The van der Waals surface area contributed by atoms with E-state index < -0.39 is 0 Å². The molecule has 0 aliphatic rings. The Morgan fingerprint density at radius 2 is 2.39 bits per heavy atom. The molecule has 1 aromatic carbocycles. The summed E-state index contributed by atoms with van der Waals surface area (Å²) in [4.78, 5) is 11.7. The van der Waals surface area contributed by atoms with Crippen molar-refractivity contribution in [2.24, 2.45) is 0 Å². The first-order valence-electron chi connectivity index (χ1n) is 5.65. The molecule has 1 heterocycles. The van der Waals surface area contributed by atoms with E-state index in [2.05, 4.69) is 27.7 Å². The van der Waals surface area contributed by atoms with Crippen molar-refractivity contribution < 1.29 is 4.79 Å². The van der Waals surface area contributed by atoms with Crippen LogP contribution in [0.2, 0.25) is 0 Å². The maximum Gasteiger partial charge on any atom is 0.234 e. The van der Waals surface area contributed by atoms with E-state index in [4.69, 9.17) is 0 Å². The first-order valence-corrected chi connectivity index (χ1v) is 6.64. The van der Waals surface area contributed by atoms with E-state index in [9.17, 15) is 4.79 Å². The summed E-state index contributed by atoms with van der Waals surface area (Å²) >= 11 is 1.35. The SMILES string of the molecule is CCc1cccc(NC(=O)CSc2cn[nH]n2)c1. The highest BCUT2D eigenvalue weighted by molar-refractivity contribution is 7.99. The summed E-state index contributed by atoms with van der Waals surface area (Å²) in [6.07, 6.45) is 2.55. The van der Waals surface area contributed by atoms with Crippen LogP contribution >= 0.6 is 11.8 Å². The molecule has 5 nitrogen and oxygen atoms in total. The average Bonchev–Trinajstić information content (AvgIpc) is 2.90. The number of thioether (sulfide) groups is 1. The number of aromatic nitrogens is 3. The predicted molar refractivity (Wildman–Crippen MR) is 71.6 cm³/mol. The van der Waals surface area contributed by atoms with Gasteiger partial charge in [0.15, 0.2) is 0 Å². The van der Waals surface area contributed by atoms with Crippen LogP contribution in [0, 0.1) is 0 Å². The van der Waals surface area contributed by atoms with Gasteiger partial charge in [-0.15, -0.1) is 5.10 Å². The number of anilines is 1. The van der Waals surface area contributed by atoms with Gasteiger partial charge in [0, 0.05) is 5.69 Å². The zero-order valence-corrected chi connectivity index (χ0v) is 10.8. The van der Waals surface area contributed by atoms with E-state index in [1.807, 2.05) is 24.3 Å². The van der Waals surface area contributed by atoms with Crippen LogP contribution < -0.4 is 5.32 Å². The van der Waals surface area contributed by atoms with Gasteiger partial charge in [0.2, 0.25) is 5.91 Å². The molecule has 0 radical (unpaired) electrons. The van der Waals surface area contributed by atoms with Crippen molar-refractivity contribution in [1.82, 2.24) is 15.4 Å². The van der Waals surface area contributed by atoms with Crippen LogP contribution in [0.25, 0.3) is 0 Å². The minimum atomic E-state index is -0.0451. The molecule has 0 aliphatic carbocycles. The predicted octanol–water partition coefficient (Wildman–Crippen LogP) is 2.10. The van der Waals surface area contributed by atoms with Gasteiger partial charge in [-0.1, -0.05) is 30.8 Å². The van der Waals surface area contributed by atoms with Crippen molar-refractivity contribution in [3.8, 4) is 0 Å². The molecule has 18 heavy (non-hydrogen) atoms. The molecule has 0 bridgehead atoms. The molecule has 1 aromatic heterocycles. The molecule has 0 spiro atoms. The lowest BCUT2D eigenvalue weighted by Gasteiger charge is -2.05. The van der Waals surface area contributed by atoms with Crippen LogP contribution in [0.15, 0.2) is 35.5 Å². The monoisotopic (exact) mass is 262 g/mol. The van der Waals surface area contributed by atoms with E-state index in [0.29, 0.717) is 10.8 Å². The van der Waals surface area contributed by atoms with E-state index in [0.717, 1.165) is 12.1 Å². The van der Waals surface area contributed by atoms with E-state index in [1.165, 1.54) is 17.3 Å². The van der Waals surface area contributed by atoms with Crippen molar-refractivity contribution in [3.63, 3.8) is 0 Å². The fourth-order valence-electron chi connectivity index (χ4n) is 1.47. The second-order valence-electron chi connectivity index (χ2n) is 3.70. The Kier molecular flexibility index (Phi) is 4.35. The number of H-pyrrole nitrogens is 1. The van der Waals surface area contributed by atoms with Crippen LogP contribution in [-0.2, 0) is 11.2 Å². The molecule has 1 amide bonds.